The fraction of sp³-hybridized carbons (Fsp3) is 0.625. The molecule has 1 atom stereocenters. The molecule has 0 bridgehead atoms. The Morgan fingerprint density at radius 3 is 2.84 bits per heavy atom. The first-order valence-corrected chi connectivity index (χ1v) is 8.19. The zero-order chi connectivity index (χ0) is 13.1. The molecule has 1 aliphatic heterocycles. The molecule has 104 valence electrons. The van der Waals surface area contributed by atoms with E-state index in [9.17, 15) is 0 Å². The number of halogens is 1. The van der Waals surface area contributed by atoms with E-state index < -0.39 is 0 Å². The van der Waals surface area contributed by atoms with E-state index in [2.05, 4.69) is 39.4 Å². The summed E-state index contributed by atoms with van der Waals surface area (Å²) in [6.07, 6.45) is 6.12. The molecule has 19 heavy (non-hydrogen) atoms. The van der Waals surface area contributed by atoms with E-state index >= 15 is 0 Å². The summed E-state index contributed by atoms with van der Waals surface area (Å²) >= 11 is 3.56. The Kier molecular flexibility index (Phi) is 4.57. The van der Waals surface area contributed by atoms with Crippen molar-refractivity contribution in [3.63, 3.8) is 0 Å². The smallest absolute Gasteiger partial charge is 0.0469 e. The van der Waals surface area contributed by atoms with Crippen molar-refractivity contribution in [1.82, 2.24) is 5.32 Å². The first-order valence-electron chi connectivity index (χ1n) is 7.39. The summed E-state index contributed by atoms with van der Waals surface area (Å²) in [6.45, 7) is 3.07. The lowest BCUT2D eigenvalue weighted by Crippen LogP contribution is -2.38. The van der Waals surface area contributed by atoms with E-state index in [1.165, 1.54) is 54.2 Å². The van der Waals surface area contributed by atoms with Crippen molar-refractivity contribution < 1.29 is 4.74 Å². The summed E-state index contributed by atoms with van der Waals surface area (Å²) in [4.78, 5) is 0. The van der Waals surface area contributed by atoms with Crippen molar-refractivity contribution in [3.05, 3.63) is 33.8 Å². The van der Waals surface area contributed by atoms with Crippen molar-refractivity contribution in [3.8, 4) is 0 Å². The van der Waals surface area contributed by atoms with Gasteiger partial charge in [-0.15, -0.1) is 0 Å². The van der Waals surface area contributed by atoms with Crippen LogP contribution in [0.1, 0.15) is 30.4 Å². The summed E-state index contributed by atoms with van der Waals surface area (Å²) in [7, 11) is 0. The quantitative estimate of drug-likeness (QED) is 0.921. The number of ether oxygens (including phenoxy) is 1. The lowest BCUT2D eigenvalue weighted by molar-refractivity contribution is 0.0653. The maximum Gasteiger partial charge on any atom is 0.0469 e. The third-order valence-corrected chi connectivity index (χ3v) is 4.93. The molecule has 0 saturated carbocycles. The maximum atomic E-state index is 5.42. The Morgan fingerprint density at radius 2 is 2.00 bits per heavy atom. The minimum Gasteiger partial charge on any atom is -0.381 e. The molecule has 1 aromatic rings. The number of fused-ring (bicyclic) bond motifs is 1. The first-order chi connectivity index (χ1) is 9.31. The predicted octanol–water partition coefficient (Wildman–Crippen LogP) is 3.32. The Bertz CT molecular complexity index is 429. The summed E-state index contributed by atoms with van der Waals surface area (Å²) in [6, 6.07) is 7.39. The maximum absolute atomic E-state index is 5.42. The minimum absolute atomic E-state index is 0.663. The van der Waals surface area contributed by atoms with E-state index in [1.54, 1.807) is 0 Å². The van der Waals surface area contributed by atoms with E-state index in [0.717, 1.165) is 19.1 Å². The van der Waals surface area contributed by atoms with Gasteiger partial charge in [0.1, 0.15) is 0 Å². The van der Waals surface area contributed by atoms with Crippen LogP contribution < -0.4 is 5.32 Å². The van der Waals surface area contributed by atoms with Crippen LogP contribution in [0.15, 0.2) is 22.7 Å². The van der Waals surface area contributed by atoms with E-state index in [-0.39, 0.29) is 0 Å². The molecule has 2 aliphatic rings. The summed E-state index contributed by atoms with van der Waals surface area (Å²) in [5, 5.41) is 3.78. The normalized spacial score (nSPS) is 24.2. The van der Waals surface area contributed by atoms with Crippen LogP contribution in [-0.4, -0.2) is 25.8 Å². The fourth-order valence-corrected chi connectivity index (χ4v) is 3.59. The molecule has 1 fully saturated rings. The number of rotatable bonds is 3. The van der Waals surface area contributed by atoms with Gasteiger partial charge in [0.2, 0.25) is 0 Å². The molecular formula is C16H22BrNO. The van der Waals surface area contributed by atoms with Gasteiger partial charge in [0.15, 0.2) is 0 Å². The average molecular weight is 324 g/mol. The molecule has 1 unspecified atom stereocenters. The Morgan fingerprint density at radius 1 is 1.16 bits per heavy atom. The third kappa shape index (κ3) is 3.59. The van der Waals surface area contributed by atoms with Crippen LogP contribution in [0.5, 0.6) is 0 Å². The summed E-state index contributed by atoms with van der Waals surface area (Å²) in [5.41, 5.74) is 3.05. The van der Waals surface area contributed by atoms with Gasteiger partial charge in [-0.25, -0.2) is 0 Å². The molecule has 0 spiro atoms. The summed E-state index contributed by atoms with van der Waals surface area (Å²) in [5.74, 6) is 0.820. The molecule has 0 radical (unpaired) electrons. The Balaban J connectivity index is 1.52. The van der Waals surface area contributed by atoms with Gasteiger partial charge in [0, 0.05) is 23.7 Å². The lowest BCUT2D eigenvalue weighted by atomic mass is 9.88. The van der Waals surface area contributed by atoms with Crippen molar-refractivity contribution >= 4 is 15.9 Å². The average Bonchev–Trinajstić information content (AvgIpc) is 2.46. The van der Waals surface area contributed by atoms with Gasteiger partial charge in [0.05, 0.1) is 0 Å². The molecule has 0 amide bonds. The molecule has 3 rings (SSSR count). The highest BCUT2D eigenvalue weighted by molar-refractivity contribution is 9.10. The second-order valence-corrected chi connectivity index (χ2v) is 6.73. The zero-order valence-electron chi connectivity index (χ0n) is 11.3. The van der Waals surface area contributed by atoms with Gasteiger partial charge in [-0.2, -0.15) is 0 Å². The first kappa shape index (κ1) is 13.6. The van der Waals surface area contributed by atoms with Gasteiger partial charge in [-0.3, -0.25) is 0 Å². The highest BCUT2D eigenvalue weighted by Gasteiger charge is 2.20. The SMILES string of the molecule is Brc1ccc2c(c1)CCC(NCC1CCOCC1)C2. The summed E-state index contributed by atoms with van der Waals surface area (Å²) < 4.78 is 6.63. The monoisotopic (exact) mass is 323 g/mol. The molecular weight excluding hydrogens is 302 g/mol. The van der Waals surface area contributed by atoms with E-state index in [1.807, 2.05) is 0 Å². The van der Waals surface area contributed by atoms with E-state index in [4.69, 9.17) is 4.74 Å². The largest absolute Gasteiger partial charge is 0.381 e. The third-order valence-electron chi connectivity index (χ3n) is 4.43. The molecule has 1 heterocycles. The van der Waals surface area contributed by atoms with Crippen molar-refractivity contribution in [1.29, 1.82) is 0 Å². The second-order valence-electron chi connectivity index (χ2n) is 5.82. The number of hydrogen-bond donors (Lipinski definition) is 1. The molecule has 0 aromatic heterocycles. The van der Waals surface area contributed by atoms with Gasteiger partial charge in [0.25, 0.3) is 0 Å². The van der Waals surface area contributed by atoms with Crippen LogP contribution >= 0.6 is 15.9 Å². The number of aryl methyl sites for hydroxylation is 1. The van der Waals surface area contributed by atoms with Crippen molar-refractivity contribution in [2.75, 3.05) is 19.8 Å². The second kappa shape index (κ2) is 6.38. The van der Waals surface area contributed by atoms with Crippen LogP contribution in [0, 0.1) is 5.92 Å². The Labute approximate surface area is 124 Å². The fourth-order valence-electron chi connectivity index (χ4n) is 3.18. The highest BCUT2D eigenvalue weighted by Crippen LogP contribution is 2.25. The van der Waals surface area contributed by atoms with Gasteiger partial charge in [-0.05, 0) is 67.8 Å². The van der Waals surface area contributed by atoms with Crippen LogP contribution in [0.3, 0.4) is 0 Å². The van der Waals surface area contributed by atoms with Crippen molar-refractivity contribution in [2.45, 2.75) is 38.1 Å². The Hall–Kier alpha value is -0.380. The molecule has 1 aliphatic carbocycles. The highest BCUT2D eigenvalue weighted by atomic mass is 79.9. The van der Waals surface area contributed by atoms with Crippen molar-refractivity contribution in [2.24, 2.45) is 5.92 Å². The van der Waals surface area contributed by atoms with Gasteiger partial charge < -0.3 is 10.1 Å². The van der Waals surface area contributed by atoms with Crippen LogP contribution in [0.25, 0.3) is 0 Å². The topological polar surface area (TPSA) is 21.3 Å². The zero-order valence-corrected chi connectivity index (χ0v) is 12.9. The lowest BCUT2D eigenvalue weighted by Gasteiger charge is -2.29. The molecule has 1 saturated heterocycles. The number of nitrogens with one attached hydrogen (secondary N) is 1. The molecule has 1 N–H and O–H groups in total. The van der Waals surface area contributed by atoms with Crippen LogP contribution in [0.2, 0.25) is 0 Å². The minimum atomic E-state index is 0.663. The molecule has 3 heteroatoms. The number of benzene rings is 1. The van der Waals surface area contributed by atoms with Crippen LogP contribution in [-0.2, 0) is 17.6 Å². The predicted molar refractivity (Wildman–Crippen MR) is 81.5 cm³/mol. The van der Waals surface area contributed by atoms with Crippen LogP contribution in [0.4, 0.5) is 0 Å². The van der Waals surface area contributed by atoms with Gasteiger partial charge >= 0.3 is 0 Å². The number of hydrogen-bond acceptors (Lipinski definition) is 2. The standard InChI is InChI=1S/C16H22BrNO/c17-15-3-1-14-10-16(4-2-13(14)9-15)18-11-12-5-7-19-8-6-12/h1,3,9,12,16,18H,2,4-8,10-11H2. The van der Waals surface area contributed by atoms with Gasteiger partial charge in [-0.1, -0.05) is 22.0 Å². The van der Waals surface area contributed by atoms with E-state index in [0.29, 0.717) is 6.04 Å². The molecule has 1 aromatic carbocycles. The molecule has 2 nitrogen and oxygen atoms in total.